The standard InChI is InChI=1S/C12H13NO/c1-9(8-14)12-7-10-5-3-4-6-11(10)13(12)2/h3-9H,1-2H3. The smallest absolute Gasteiger partial charge is 0.128 e. The van der Waals surface area contributed by atoms with Crippen LogP contribution < -0.4 is 0 Å². The van der Waals surface area contributed by atoms with E-state index in [-0.39, 0.29) is 5.92 Å². The third-order valence-electron chi connectivity index (χ3n) is 2.66. The molecule has 0 aliphatic rings. The first-order chi connectivity index (χ1) is 6.74. The maximum absolute atomic E-state index is 10.7. The Morgan fingerprint density at radius 2 is 2.07 bits per heavy atom. The third kappa shape index (κ3) is 1.23. The Morgan fingerprint density at radius 3 is 2.71 bits per heavy atom. The van der Waals surface area contributed by atoms with E-state index in [9.17, 15) is 4.79 Å². The van der Waals surface area contributed by atoms with Gasteiger partial charge in [-0.2, -0.15) is 0 Å². The fourth-order valence-electron chi connectivity index (χ4n) is 1.82. The van der Waals surface area contributed by atoms with E-state index in [1.807, 2.05) is 26.1 Å². The second kappa shape index (κ2) is 3.29. The molecule has 1 aromatic heterocycles. The summed E-state index contributed by atoms with van der Waals surface area (Å²) in [5, 5.41) is 1.19. The van der Waals surface area contributed by atoms with E-state index in [1.165, 1.54) is 10.9 Å². The van der Waals surface area contributed by atoms with Crippen LogP contribution in [0.3, 0.4) is 0 Å². The largest absolute Gasteiger partial charge is 0.347 e. The van der Waals surface area contributed by atoms with Gasteiger partial charge in [-0.25, -0.2) is 0 Å². The van der Waals surface area contributed by atoms with Crippen molar-refractivity contribution in [1.82, 2.24) is 4.57 Å². The summed E-state index contributed by atoms with van der Waals surface area (Å²) in [5.41, 5.74) is 2.25. The number of hydrogen-bond acceptors (Lipinski definition) is 1. The van der Waals surface area contributed by atoms with Crippen LogP contribution in [-0.4, -0.2) is 10.9 Å². The van der Waals surface area contributed by atoms with Crippen molar-refractivity contribution in [2.24, 2.45) is 7.05 Å². The van der Waals surface area contributed by atoms with Crippen LogP contribution in [0.2, 0.25) is 0 Å². The summed E-state index contributed by atoms with van der Waals surface area (Å²) in [4.78, 5) is 10.7. The molecule has 2 aromatic rings. The number of aldehydes is 1. The number of aromatic nitrogens is 1. The third-order valence-corrected chi connectivity index (χ3v) is 2.66. The van der Waals surface area contributed by atoms with E-state index in [4.69, 9.17) is 0 Å². The van der Waals surface area contributed by atoms with Gasteiger partial charge in [-0.15, -0.1) is 0 Å². The Kier molecular flexibility index (Phi) is 2.12. The lowest BCUT2D eigenvalue weighted by Crippen LogP contribution is -2.01. The zero-order chi connectivity index (χ0) is 10.1. The molecule has 2 heteroatoms. The molecular formula is C12H13NO. The molecule has 1 aromatic carbocycles. The molecule has 0 amide bonds. The summed E-state index contributed by atoms with van der Waals surface area (Å²) in [6.07, 6.45) is 0.980. The number of hydrogen-bond donors (Lipinski definition) is 0. The SMILES string of the molecule is CC(C=O)c1cc2ccccc2n1C. The molecule has 0 N–H and O–H groups in total. The van der Waals surface area contributed by atoms with Crippen molar-refractivity contribution in [3.63, 3.8) is 0 Å². The monoisotopic (exact) mass is 187 g/mol. The fourth-order valence-corrected chi connectivity index (χ4v) is 1.82. The number of benzene rings is 1. The number of aryl methyl sites for hydroxylation is 1. The molecule has 14 heavy (non-hydrogen) atoms. The van der Waals surface area contributed by atoms with Gasteiger partial charge in [0.25, 0.3) is 0 Å². The van der Waals surface area contributed by atoms with Crippen molar-refractivity contribution >= 4 is 17.2 Å². The average Bonchev–Trinajstić information content (AvgIpc) is 2.56. The van der Waals surface area contributed by atoms with Gasteiger partial charge in [-0.3, -0.25) is 0 Å². The molecule has 0 aliphatic heterocycles. The first kappa shape index (κ1) is 9.00. The molecule has 0 bridgehead atoms. The topological polar surface area (TPSA) is 22.0 Å². The number of nitrogens with zero attached hydrogens (tertiary/aromatic N) is 1. The molecule has 0 radical (unpaired) electrons. The zero-order valence-electron chi connectivity index (χ0n) is 8.40. The Labute approximate surface area is 83.2 Å². The van der Waals surface area contributed by atoms with Gasteiger partial charge in [-0.1, -0.05) is 25.1 Å². The Hall–Kier alpha value is -1.57. The highest BCUT2D eigenvalue weighted by Gasteiger charge is 2.10. The predicted molar refractivity (Wildman–Crippen MR) is 57.4 cm³/mol. The second-order valence-corrected chi connectivity index (χ2v) is 3.61. The minimum Gasteiger partial charge on any atom is -0.347 e. The molecular weight excluding hydrogens is 174 g/mol. The Balaban J connectivity index is 2.68. The van der Waals surface area contributed by atoms with E-state index in [0.29, 0.717) is 0 Å². The normalized spacial score (nSPS) is 13.0. The van der Waals surface area contributed by atoms with Crippen molar-refractivity contribution in [3.05, 3.63) is 36.0 Å². The molecule has 1 heterocycles. The molecule has 0 saturated heterocycles. The van der Waals surface area contributed by atoms with Gasteiger partial charge in [0.1, 0.15) is 6.29 Å². The summed E-state index contributed by atoms with van der Waals surface area (Å²) in [6, 6.07) is 10.2. The van der Waals surface area contributed by atoms with Crippen molar-refractivity contribution in [2.75, 3.05) is 0 Å². The molecule has 2 rings (SSSR count). The zero-order valence-corrected chi connectivity index (χ0v) is 8.40. The van der Waals surface area contributed by atoms with E-state index in [0.717, 1.165) is 12.0 Å². The first-order valence-corrected chi connectivity index (χ1v) is 4.73. The number of carbonyl (C=O) groups is 1. The van der Waals surface area contributed by atoms with Crippen molar-refractivity contribution < 1.29 is 4.79 Å². The lowest BCUT2D eigenvalue weighted by molar-refractivity contribution is -0.108. The van der Waals surface area contributed by atoms with Gasteiger partial charge in [-0.05, 0) is 17.5 Å². The predicted octanol–water partition coefficient (Wildman–Crippen LogP) is 2.48. The molecule has 72 valence electrons. The van der Waals surface area contributed by atoms with E-state index < -0.39 is 0 Å². The highest BCUT2D eigenvalue weighted by molar-refractivity contribution is 5.82. The van der Waals surface area contributed by atoms with Crippen LogP contribution in [-0.2, 0) is 11.8 Å². The van der Waals surface area contributed by atoms with Crippen LogP contribution in [0.5, 0.6) is 0 Å². The highest BCUT2D eigenvalue weighted by Crippen LogP contribution is 2.22. The van der Waals surface area contributed by atoms with Crippen LogP contribution >= 0.6 is 0 Å². The highest BCUT2D eigenvalue weighted by atomic mass is 16.1. The lowest BCUT2D eigenvalue weighted by Gasteiger charge is -2.05. The number of fused-ring (bicyclic) bond motifs is 1. The quantitative estimate of drug-likeness (QED) is 0.662. The minimum absolute atomic E-state index is 0.0348. The van der Waals surface area contributed by atoms with Crippen LogP contribution in [0.1, 0.15) is 18.5 Å². The number of carbonyl (C=O) groups excluding carboxylic acids is 1. The fraction of sp³-hybridized carbons (Fsp3) is 0.250. The van der Waals surface area contributed by atoms with Crippen LogP contribution in [0, 0.1) is 0 Å². The van der Waals surface area contributed by atoms with Gasteiger partial charge in [0.2, 0.25) is 0 Å². The average molecular weight is 187 g/mol. The van der Waals surface area contributed by atoms with E-state index >= 15 is 0 Å². The summed E-state index contributed by atoms with van der Waals surface area (Å²) >= 11 is 0. The van der Waals surface area contributed by atoms with Crippen LogP contribution in [0.15, 0.2) is 30.3 Å². The van der Waals surface area contributed by atoms with E-state index in [2.05, 4.69) is 22.8 Å². The molecule has 0 fully saturated rings. The lowest BCUT2D eigenvalue weighted by atomic mass is 10.1. The van der Waals surface area contributed by atoms with Crippen LogP contribution in [0.4, 0.5) is 0 Å². The van der Waals surface area contributed by atoms with Crippen molar-refractivity contribution in [3.8, 4) is 0 Å². The molecule has 1 atom stereocenters. The molecule has 2 nitrogen and oxygen atoms in total. The Morgan fingerprint density at radius 1 is 1.36 bits per heavy atom. The van der Waals surface area contributed by atoms with Gasteiger partial charge in [0, 0.05) is 18.3 Å². The summed E-state index contributed by atoms with van der Waals surface area (Å²) in [7, 11) is 2.00. The summed E-state index contributed by atoms with van der Waals surface area (Å²) in [5.74, 6) is -0.0348. The molecule has 0 saturated carbocycles. The van der Waals surface area contributed by atoms with E-state index in [1.54, 1.807) is 0 Å². The number of para-hydroxylation sites is 1. The van der Waals surface area contributed by atoms with Gasteiger partial charge in [0.15, 0.2) is 0 Å². The maximum atomic E-state index is 10.7. The first-order valence-electron chi connectivity index (χ1n) is 4.73. The molecule has 1 unspecified atom stereocenters. The maximum Gasteiger partial charge on any atom is 0.128 e. The summed E-state index contributed by atoms with van der Waals surface area (Å²) in [6.45, 7) is 1.92. The minimum atomic E-state index is -0.0348. The number of rotatable bonds is 2. The van der Waals surface area contributed by atoms with Gasteiger partial charge >= 0.3 is 0 Å². The molecule has 0 spiro atoms. The van der Waals surface area contributed by atoms with Crippen molar-refractivity contribution in [2.45, 2.75) is 12.8 Å². The van der Waals surface area contributed by atoms with Crippen LogP contribution in [0.25, 0.3) is 10.9 Å². The van der Waals surface area contributed by atoms with Gasteiger partial charge in [0.05, 0.1) is 5.92 Å². The molecule has 0 aliphatic carbocycles. The summed E-state index contributed by atoms with van der Waals surface area (Å²) < 4.78 is 2.08. The van der Waals surface area contributed by atoms with Crippen molar-refractivity contribution in [1.29, 1.82) is 0 Å². The second-order valence-electron chi connectivity index (χ2n) is 3.61. The Bertz CT molecular complexity index is 470. The van der Waals surface area contributed by atoms with Gasteiger partial charge < -0.3 is 9.36 Å².